The SMILES string of the molecule is NC(CC1CCCCN1)c1ccc(Cl)s1. The van der Waals surface area contributed by atoms with Crippen molar-refractivity contribution in [2.45, 2.75) is 37.8 Å². The Bertz CT molecular complexity index is 307. The van der Waals surface area contributed by atoms with Crippen molar-refractivity contribution >= 4 is 22.9 Å². The second-order valence-corrected chi connectivity index (χ2v) is 5.88. The number of rotatable bonds is 3. The minimum atomic E-state index is 0.137. The van der Waals surface area contributed by atoms with Crippen LogP contribution in [0.2, 0.25) is 4.34 Å². The number of hydrogen-bond acceptors (Lipinski definition) is 3. The molecule has 2 heterocycles. The Labute approximate surface area is 99.8 Å². The number of piperidine rings is 1. The third-order valence-electron chi connectivity index (χ3n) is 2.91. The maximum atomic E-state index is 6.15. The van der Waals surface area contributed by atoms with E-state index >= 15 is 0 Å². The Morgan fingerprint density at radius 2 is 2.40 bits per heavy atom. The zero-order valence-corrected chi connectivity index (χ0v) is 10.3. The monoisotopic (exact) mass is 244 g/mol. The van der Waals surface area contributed by atoms with Crippen LogP contribution in [-0.2, 0) is 0 Å². The summed E-state index contributed by atoms with van der Waals surface area (Å²) >= 11 is 7.49. The fourth-order valence-electron chi connectivity index (χ4n) is 2.08. The van der Waals surface area contributed by atoms with Gasteiger partial charge >= 0.3 is 0 Å². The molecule has 0 saturated carbocycles. The Balaban J connectivity index is 1.88. The van der Waals surface area contributed by atoms with Crippen LogP contribution in [0, 0.1) is 0 Å². The van der Waals surface area contributed by atoms with Gasteiger partial charge in [-0.25, -0.2) is 0 Å². The molecule has 2 nitrogen and oxygen atoms in total. The van der Waals surface area contributed by atoms with Crippen LogP contribution >= 0.6 is 22.9 Å². The molecule has 1 aliphatic rings. The van der Waals surface area contributed by atoms with Gasteiger partial charge in [-0.15, -0.1) is 11.3 Å². The van der Waals surface area contributed by atoms with Crippen molar-refractivity contribution in [3.63, 3.8) is 0 Å². The molecule has 2 rings (SSSR count). The Hall–Kier alpha value is -0.0900. The van der Waals surface area contributed by atoms with E-state index in [1.54, 1.807) is 11.3 Å². The summed E-state index contributed by atoms with van der Waals surface area (Å²) < 4.78 is 0.831. The van der Waals surface area contributed by atoms with Crippen LogP contribution in [-0.4, -0.2) is 12.6 Å². The molecule has 0 aromatic carbocycles. The zero-order chi connectivity index (χ0) is 10.7. The third-order valence-corrected chi connectivity index (χ3v) is 4.27. The molecule has 84 valence electrons. The molecule has 1 aliphatic heterocycles. The molecule has 1 aromatic rings. The van der Waals surface area contributed by atoms with Crippen molar-refractivity contribution in [2.75, 3.05) is 6.54 Å². The van der Waals surface area contributed by atoms with Crippen molar-refractivity contribution in [1.29, 1.82) is 0 Å². The van der Waals surface area contributed by atoms with E-state index in [1.807, 2.05) is 12.1 Å². The summed E-state index contributed by atoms with van der Waals surface area (Å²) in [5.41, 5.74) is 6.15. The van der Waals surface area contributed by atoms with Gasteiger partial charge < -0.3 is 11.1 Å². The van der Waals surface area contributed by atoms with Crippen molar-refractivity contribution in [3.05, 3.63) is 21.3 Å². The van der Waals surface area contributed by atoms with Crippen LogP contribution in [0.4, 0.5) is 0 Å². The largest absolute Gasteiger partial charge is 0.323 e. The molecule has 0 bridgehead atoms. The van der Waals surface area contributed by atoms with E-state index in [2.05, 4.69) is 5.32 Å². The van der Waals surface area contributed by atoms with Gasteiger partial charge in [0.1, 0.15) is 0 Å². The zero-order valence-electron chi connectivity index (χ0n) is 8.71. The third kappa shape index (κ3) is 3.18. The quantitative estimate of drug-likeness (QED) is 0.858. The molecule has 0 aliphatic carbocycles. The molecule has 0 spiro atoms. The van der Waals surface area contributed by atoms with Crippen LogP contribution in [0.5, 0.6) is 0 Å². The van der Waals surface area contributed by atoms with Gasteiger partial charge in [0.05, 0.1) is 4.34 Å². The predicted molar refractivity (Wildman–Crippen MR) is 66.5 cm³/mol. The minimum Gasteiger partial charge on any atom is -0.323 e. The highest BCUT2D eigenvalue weighted by Gasteiger charge is 2.17. The first-order valence-electron chi connectivity index (χ1n) is 5.50. The highest BCUT2D eigenvalue weighted by Crippen LogP contribution is 2.28. The lowest BCUT2D eigenvalue weighted by atomic mass is 9.98. The van der Waals surface area contributed by atoms with Gasteiger partial charge in [-0.2, -0.15) is 0 Å². The fourth-order valence-corrected chi connectivity index (χ4v) is 3.15. The predicted octanol–water partition coefficient (Wildman–Crippen LogP) is 2.93. The van der Waals surface area contributed by atoms with E-state index < -0.39 is 0 Å². The number of hydrogen-bond donors (Lipinski definition) is 2. The summed E-state index contributed by atoms with van der Waals surface area (Å²) in [7, 11) is 0. The van der Waals surface area contributed by atoms with Gasteiger partial charge in [0.25, 0.3) is 0 Å². The summed E-state index contributed by atoms with van der Waals surface area (Å²) in [6.45, 7) is 1.14. The van der Waals surface area contributed by atoms with Crippen LogP contribution in [0.15, 0.2) is 12.1 Å². The Kier molecular flexibility index (Phi) is 4.03. The first kappa shape index (κ1) is 11.4. The summed E-state index contributed by atoms with van der Waals surface area (Å²) in [4.78, 5) is 1.20. The summed E-state index contributed by atoms with van der Waals surface area (Å²) in [5, 5.41) is 3.52. The number of nitrogens with two attached hydrogens (primary N) is 1. The maximum Gasteiger partial charge on any atom is 0.0931 e. The van der Waals surface area contributed by atoms with Crippen molar-refractivity contribution in [2.24, 2.45) is 5.73 Å². The van der Waals surface area contributed by atoms with Gasteiger partial charge in [0.2, 0.25) is 0 Å². The van der Waals surface area contributed by atoms with Crippen molar-refractivity contribution in [1.82, 2.24) is 5.32 Å². The van der Waals surface area contributed by atoms with Gasteiger partial charge in [-0.1, -0.05) is 18.0 Å². The standard InChI is InChI=1S/C11H17ClN2S/c12-11-5-4-10(15-11)9(13)7-8-3-1-2-6-14-8/h4-5,8-9,14H,1-3,6-7,13H2. The first-order valence-corrected chi connectivity index (χ1v) is 6.69. The second kappa shape index (κ2) is 5.30. The van der Waals surface area contributed by atoms with Crippen LogP contribution in [0.25, 0.3) is 0 Å². The van der Waals surface area contributed by atoms with Crippen molar-refractivity contribution < 1.29 is 0 Å². The highest BCUT2D eigenvalue weighted by atomic mass is 35.5. The molecule has 4 heteroatoms. The molecule has 1 fully saturated rings. The Morgan fingerprint density at radius 3 is 3.00 bits per heavy atom. The lowest BCUT2D eigenvalue weighted by Crippen LogP contribution is -2.36. The van der Waals surface area contributed by atoms with E-state index in [0.29, 0.717) is 6.04 Å². The molecular formula is C11H17ClN2S. The number of thiophene rings is 1. The van der Waals surface area contributed by atoms with Gasteiger partial charge in [-0.05, 0) is 37.9 Å². The maximum absolute atomic E-state index is 6.15. The molecule has 0 radical (unpaired) electrons. The van der Waals surface area contributed by atoms with E-state index in [0.717, 1.165) is 17.3 Å². The first-order chi connectivity index (χ1) is 7.25. The molecule has 15 heavy (non-hydrogen) atoms. The molecule has 2 atom stereocenters. The molecule has 3 N–H and O–H groups in total. The average Bonchev–Trinajstić information content (AvgIpc) is 2.66. The van der Waals surface area contributed by atoms with Crippen molar-refractivity contribution in [3.8, 4) is 0 Å². The van der Waals surface area contributed by atoms with Gasteiger partial charge in [-0.3, -0.25) is 0 Å². The van der Waals surface area contributed by atoms with E-state index in [9.17, 15) is 0 Å². The molecule has 2 unspecified atom stereocenters. The average molecular weight is 245 g/mol. The van der Waals surface area contributed by atoms with Gasteiger partial charge in [0, 0.05) is 17.0 Å². The van der Waals surface area contributed by atoms with E-state index in [-0.39, 0.29) is 6.04 Å². The Morgan fingerprint density at radius 1 is 1.53 bits per heavy atom. The number of halogens is 1. The molecule has 1 aromatic heterocycles. The lowest BCUT2D eigenvalue weighted by molar-refractivity contribution is 0.363. The summed E-state index contributed by atoms with van der Waals surface area (Å²) in [5.74, 6) is 0. The molecule has 0 amide bonds. The van der Waals surface area contributed by atoms with Crippen LogP contribution < -0.4 is 11.1 Å². The van der Waals surface area contributed by atoms with Crippen LogP contribution in [0.1, 0.15) is 36.6 Å². The second-order valence-electron chi connectivity index (χ2n) is 4.13. The lowest BCUT2D eigenvalue weighted by Gasteiger charge is -2.25. The van der Waals surface area contributed by atoms with Gasteiger partial charge in [0.15, 0.2) is 0 Å². The van der Waals surface area contributed by atoms with E-state index in [1.165, 1.54) is 24.1 Å². The minimum absolute atomic E-state index is 0.137. The summed E-state index contributed by atoms with van der Waals surface area (Å²) in [6.07, 6.45) is 4.91. The summed E-state index contributed by atoms with van der Waals surface area (Å²) in [6, 6.07) is 4.70. The fraction of sp³-hybridized carbons (Fsp3) is 0.636. The van der Waals surface area contributed by atoms with Crippen LogP contribution in [0.3, 0.4) is 0 Å². The van der Waals surface area contributed by atoms with E-state index in [4.69, 9.17) is 17.3 Å². The number of nitrogens with one attached hydrogen (secondary N) is 1. The molecule has 1 saturated heterocycles. The normalized spacial score (nSPS) is 24.0. The highest BCUT2D eigenvalue weighted by molar-refractivity contribution is 7.16. The smallest absolute Gasteiger partial charge is 0.0931 e. The molecular weight excluding hydrogens is 228 g/mol. The topological polar surface area (TPSA) is 38.0 Å².